The number of β-lactam (4-membered cyclic amide) rings is 1. The fourth-order valence-electron chi connectivity index (χ4n) is 1.66. The molecule has 1 aliphatic heterocycles. The van der Waals surface area contributed by atoms with E-state index in [1.807, 2.05) is 0 Å². The molecule has 7 heteroatoms. The Balaban J connectivity index is 2.37. The molecule has 1 saturated heterocycles. The number of hydrogen-bond donors (Lipinski definition) is 0. The van der Waals surface area contributed by atoms with Crippen LogP contribution >= 0.6 is 0 Å². The van der Waals surface area contributed by atoms with Gasteiger partial charge in [0.05, 0.1) is 20.1 Å². The molecule has 21 heavy (non-hydrogen) atoms. The van der Waals surface area contributed by atoms with Gasteiger partial charge in [0.2, 0.25) is 5.91 Å². The van der Waals surface area contributed by atoms with E-state index >= 15 is 0 Å². The Hall–Kier alpha value is -1.89. The largest absolute Gasteiger partial charge is 0.466 e. The van der Waals surface area contributed by atoms with E-state index in [0.29, 0.717) is 0 Å². The van der Waals surface area contributed by atoms with Crippen molar-refractivity contribution in [3.05, 3.63) is 12.2 Å². The van der Waals surface area contributed by atoms with E-state index in [1.165, 1.54) is 24.2 Å². The first kappa shape index (κ1) is 17.2. The number of carbonyl (C=O) groups excluding carboxylic acids is 3. The van der Waals surface area contributed by atoms with E-state index in [0.717, 1.165) is 0 Å². The van der Waals surface area contributed by atoms with Crippen LogP contribution in [0, 0.1) is 0 Å². The van der Waals surface area contributed by atoms with Gasteiger partial charge in [-0.05, 0) is 20.8 Å². The molecule has 1 amide bonds. The molecule has 1 rings (SSSR count). The molecule has 0 spiro atoms. The average Bonchev–Trinajstić information content (AvgIpc) is 2.37. The van der Waals surface area contributed by atoms with Crippen molar-refractivity contribution in [2.24, 2.45) is 0 Å². The molecule has 0 aromatic rings. The molecule has 1 heterocycles. The summed E-state index contributed by atoms with van der Waals surface area (Å²) in [6, 6.07) is 0. The molecule has 7 nitrogen and oxygen atoms in total. The lowest BCUT2D eigenvalue weighted by atomic mass is 10.1. The first-order valence-corrected chi connectivity index (χ1v) is 6.60. The zero-order valence-electron chi connectivity index (χ0n) is 12.8. The average molecular weight is 299 g/mol. The Kier molecular flexibility index (Phi) is 5.90. The van der Waals surface area contributed by atoms with Gasteiger partial charge in [-0.1, -0.05) is 6.08 Å². The van der Waals surface area contributed by atoms with Crippen LogP contribution in [0.3, 0.4) is 0 Å². The van der Waals surface area contributed by atoms with Crippen LogP contribution in [0.5, 0.6) is 0 Å². The molecule has 0 saturated carbocycles. The van der Waals surface area contributed by atoms with Gasteiger partial charge in [-0.3, -0.25) is 9.59 Å². The van der Waals surface area contributed by atoms with Crippen LogP contribution in [0.2, 0.25) is 0 Å². The van der Waals surface area contributed by atoms with Crippen molar-refractivity contribution < 1.29 is 28.6 Å². The Labute approximate surface area is 123 Å². The van der Waals surface area contributed by atoms with Crippen molar-refractivity contribution in [3.63, 3.8) is 0 Å². The van der Waals surface area contributed by atoms with E-state index in [-0.39, 0.29) is 25.5 Å². The third-order valence-electron chi connectivity index (χ3n) is 2.58. The predicted octanol–water partition coefficient (Wildman–Crippen LogP) is 0.632. The fraction of sp³-hybridized carbons (Fsp3) is 0.643. The smallest absolute Gasteiger partial charge is 0.330 e. The monoisotopic (exact) mass is 299 g/mol. The quantitative estimate of drug-likeness (QED) is 0.406. The zero-order valence-corrected chi connectivity index (χ0v) is 12.8. The zero-order chi connectivity index (χ0) is 16.0. The molecule has 0 aromatic heterocycles. The van der Waals surface area contributed by atoms with Crippen molar-refractivity contribution in [1.29, 1.82) is 0 Å². The van der Waals surface area contributed by atoms with Crippen LogP contribution in [-0.4, -0.2) is 54.8 Å². The second-order valence-corrected chi connectivity index (χ2v) is 5.53. The number of nitrogens with zero attached hydrogens (tertiary/aromatic N) is 1. The molecular weight excluding hydrogens is 278 g/mol. The Bertz CT molecular complexity index is 437. The van der Waals surface area contributed by atoms with Crippen molar-refractivity contribution in [3.8, 4) is 0 Å². The lowest BCUT2D eigenvalue weighted by Gasteiger charge is -2.39. The molecule has 0 N–H and O–H groups in total. The van der Waals surface area contributed by atoms with Crippen molar-refractivity contribution in [1.82, 2.24) is 4.90 Å². The first-order chi connectivity index (χ1) is 9.73. The number of hydrogen-bond acceptors (Lipinski definition) is 6. The van der Waals surface area contributed by atoms with Crippen LogP contribution < -0.4 is 0 Å². The minimum atomic E-state index is -0.593. The first-order valence-electron chi connectivity index (χ1n) is 6.60. The second kappa shape index (κ2) is 7.21. The Morgan fingerprint density at radius 1 is 1.38 bits per heavy atom. The molecule has 1 atom stereocenters. The van der Waals surface area contributed by atoms with E-state index in [4.69, 9.17) is 9.47 Å². The van der Waals surface area contributed by atoms with E-state index < -0.39 is 23.8 Å². The van der Waals surface area contributed by atoms with Gasteiger partial charge in [0.15, 0.2) is 0 Å². The van der Waals surface area contributed by atoms with E-state index in [2.05, 4.69) is 4.74 Å². The summed E-state index contributed by atoms with van der Waals surface area (Å²) in [4.78, 5) is 35.3. The molecular formula is C14H21NO6. The molecule has 1 fully saturated rings. The summed E-state index contributed by atoms with van der Waals surface area (Å²) in [5, 5.41) is 0. The molecule has 1 aliphatic rings. The van der Waals surface area contributed by atoms with Crippen molar-refractivity contribution >= 4 is 17.8 Å². The third kappa shape index (κ3) is 5.95. The number of likely N-dealkylation sites (tertiary alicyclic amines) is 1. The standard InChI is InChI=1S/C14H21NO6/c1-14(2,3)21-13(18)9-15-10(16)8-11(15)20-7-5-6-12(17)19-4/h5-6,11H,7-9H2,1-4H3/b6-5+. The topological polar surface area (TPSA) is 82.1 Å². The molecule has 0 radical (unpaired) electrons. The minimum absolute atomic E-state index is 0.137. The van der Waals surface area contributed by atoms with Crippen LogP contribution in [0.15, 0.2) is 12.2 Å². The second-order valence-electron chi connectivity index (χ2n) is 5.53. The van der Waals surface area contributed by atoms with Gasteiger partial charge < -0.3 is 19.1 Å². The van der Waals surface area contributed by atoms with E-state index in [9.17, 15) is 14.4 Å². The summed E-state index contributed by atoms with van der Waals surface area (Å²) in [5.74, 6) is -1.12. The van der Waals surface area contributed by atoms with Gasteiger partial charge in [0.1, 0.15) is 18.4 Å². The summed E-state index contributed by atoms with van der Waals surface area (Å²) < 4.78 is 15.0. The lowest BCUT2D eigenvalue weighted by molar-refractivity contribution is -0.182. The number of methoxy groups -OCH3 is 1. The Morgan fingerprint density at radius 3 is 2.57 bits per heavy atom. The maximum atomic E-state index is 11.7. The predicted molar refractivity (Wildman–Crippen MR) is 73.1 cm³/mol. The molecule has 118 valence electrons. The van der Waals surface area contributed by atoms with Gasteiger partial charge in [0, 0.05) is 6.08 Å². The number of ether oxygens (including phenoxy) is 3. The SMILES string of the molecule is COC(=O)/C=C/COC1CC(=O)N1CC(=O)OC(C)(C)C. The molecule has 1 unspecified atom stereocenters. The summed E-state index contributed by atoms with van der Waals surface area (Å²) in [6.07, 6.45) is 2.47. The maximum absolute atomic E-state index is 11.7. The number of rotatable bonds is 6. The highest BCUT2D eigenvalue weighted by molar-refractivity contribution is 5.87. The summed E-state index contributed by atoms with van der Waals surface area (Å²) in [5.41, 5.74) is -0.593. The van der Waals surface area contributed by atoms with Crippen LogP contribution in [0.4, 0.5) is 0 Å². The molecule has 0 aliphatic carbocycles. The number of esters is 2. The normalized spacial score (nSPS) is 18.6. The van der Waals surface area contributed by atoms with E-state index in [1.54, 1.807) is 20.8 Å². The maximum Gasteiger partial charge on any atom is 0.330 e. The van der Waals surface area contributed by atoms with Gasteiger partial charge >= 0.3 is 11.9 Å². The van der Waals surface area contributed by atoms with Crippen LogP contribution in [0.25, 0.3) is 0 Å². The molecule has 0 aromatic carbocycles. The third-order valence-corrected chi connectivity index (χ3v) is 2.58. The lowest BCUT2D eigenvalue weighted by Crippen LogP contribution is -2.56. The van der Waals surface area contributed by atoms with Gasteiger partial charge in [-0.15, -0.1) is 0 Å². The van der Waals surface area contributed by atoms with Gasteiger partial charge in [-0.2, -0.15) is 0 Å². The summed E-state index contributed by atoms with van der Waals surface area (Å²) in [6.45, 7) is 5.29. The number of carbonyl (C=O) groups is 3. The van der Waals surface area contributed by atoms with Crippen molar-refractivity contribution in [2.75, 3.05) is 20.3 Å². The summed E-state index contributed by atoms with van der Waals surface area (Å²) >= 11 is 0. The van der Waals surface area contributed by atoms with Crippen LogP contribution in [-0.2, 0) is 28.6 Å². The Morgan fingerprint density at radius 2 is 2.05 bits per heavy atom. The van der Waals surface area contributed by atoms with Gasteiger partial charge in [-0.25, -0.2) is 4.79 Å². The molecule has 0 bridgehead atoms. The van der Waals surface area contributed by atoms with Crippen molar-refractivity contribution in [2.45, 2.75) is 39.0 Å². The number of amides is 1. The highest BCUT2D eigenvalue weighted by atomic mass is 16.6. The highest BCUT2D eigenvalue weighted by Gasteiger charge is 2.38. The van der Waals surface area contributed by atoms with Crippen LogP contribution in [0.1, 0.15) is 27.2 Å². The fourth-order valence-corrected chi connectivity index (χ4v) is 1.66. The highest BCUT2D eigenvalue weighted by Crippen LogP contribution is 2.20. The summed E-state index contributed by atoms with van der Waals surface area (Å²) in [7, 11) is 1.28. The van der Waals surface area contributed by atoms with Gasteiger partial charge in [0.25, 0.3) is 0 Å². The minimum Gasteiger partial charge on any atom is -0.466 e.